The van der Waals surface area contributed by atoms with E-state index in [-0.39, 0.29) is 29.9 Å². The second-order valence-corrected chi connectivity index (χ2v) is 9.43. The summed E-state index contributed by atoms with van der Waals surface area (Å²) in [5.74, 6) is 0.928. The molecule has 0 aliphatic carbocycles. The van der Waals surface area contributed by atoms with Crippen molar-refractivity contribution in [3.8, 4) is 11.5 Å². The van der Waals surface area contributed by atoms with Gasteiger partial charge in [0, 0.05) is 12.6 Å². The Labute approximate surface area is 198 Å². The Bertz CT molecular complexity index is 901. The molecule has 2 aromatic rings. The Hall–Kier alpha value is -3.02. The van der Waals surface area contributed by atoms with Gasteiger partial charge in [-0.25, -0.2) is 0 Å². The van der Waals surface area contributed by atoms with E-state index >= 15 is 0 Å². The highest BCUT2D eigenvalue weighted by molar-refractivity contribution is 5.88. The number of nitrogens with one attached hydrogen (secondary N) is 1. The quantitative estimate of drug-likeness (QED) is 0.565. The maximum absolute atomic E-state index is 13.2. The Kier molecular flexibility index (Phi) is 9.32. The molecule has 2 unspecified atom stereocenters. The van der Waals surface area contributed by atoms with Crippen LogP contribution in [-0.2, 0) is 21.5 Å². The molecular formula is C27H38N2O4. The first-order valence-corrected chi connectivity index (χ1v) is 11.5. The van der Waals surface area contributed by atoms with Crippen molar-refractivity contribution in [3.63, 3.8) is 0 Å². The average molecular weight is 455 g/mol. The monoisotopic (exact) mass is 454 g/mol. The lowest BCUT2D eigenvalue weighted by Crippen LogP contribution is -2.50. The van der Waals surface area contributed by atoms with E-state index in [0.29, 0.717) is 12.3 Å². The maximum atomic E-state index is 13.2. The molecule has 0 fully saturated rings. The standard InChI is InChI=1S/C27H38N2O4/c1-8-19(2)28-26(31)20(3)29(17-21-9-13-23(32-7)14-10-21)25(30)18-33-24-15-11-22(12-16-24)27(4,5)6/h9-16,19-20H,8,17-18H2,1-7H3,(H,28,31). The van der Waals surface area contributed by atoms with Crippen LogP contribution in [0.5, 0.6) is 11.5 Å². The average Bonchev–Trinajstić information content (AvgIpc) is 2.80. The number of amides is 2. The minimum absolute atomic E-state index is 0.0375. The van der Waals surface area contributed by atoms with Crippen LogP contribution in [0.3, 0.4) is 0 Å². The molecule has 6 nitrogen and oxygen atoms in total. The van der Waals surface area contributed by atoms with E-state index < -0.39 is 6.04 Å². The maximum Gasteiger partial charge on any atom is 0.261 e. The molecule has 33 heavy (non-hydrogen) atoms. The summed E-state index contributed by atoms with van der Waals surface area (Å²) in [5, 5.41) is 2.97. The van der Waals surface area contributed by atoms with Crippen molar-refractivity contribution in [2.24, 2.45) is 0 Å². The van der Waals surface area contributed by atoms with E-state index in [1.165, 1.54) is 5.56 Å². The zero-order chi connectivity index (χ0) is 24.6. The molecule has 0 saturated heterocycles. The molecule has 2 rings (SSSR count). The van der Waals surface area contributed by atoms with E-state index in [1.54, 1.807) is 18.9 Å². The number of benzene rings is 2. The normalized spacial score (nSPS) is 13.1. The Morgan fingerprint density at radius 3 is 2.06 bits per heavy atom. The predicted octanol–water partition coefficient (Wildman–Crippen LogP) is 4.70. The summed E-state index contributed by atoms with van der Waals surface area (Å²) in [7, 11) is 1.61. The Balaban J connectivity index is 2.14. The SMILES string of the molecule is CCC(C)NC(=O)C(C)N(Cc1ccc(OC)cc1)C(=O)COc1ccc(C(C)(C)C)cc1. The molecule has 2 atom stereocenters. The van der Waals surface area contributed by atoms with Crippen molar-refractivity contribution in [2.75, 3.05) is 13.7 Å². The second-order valence-electron chi connectivity index (χ2n) is 9.43. The largest absolute Gasteiger partial charge is 0.497 e. The van der Waals surface area contributed by atoms with Gasteiger partial charge < -0.3 is 19.7 Å². The van der Waals surface area contributed by atoms with E-state index in [0.717, 1.165) is 17.7 Å². The zero-order valence-corrected chi connectivity index (χ0v) is 21.0. The van der Waals surface area contributed by atoms with Crippen LogP contribution in [0.2, 0.25) is 0 Å². The van der Waals surface area contributed by atoms with Crippen LogP contribution in [0, 0.1) is 0 Å². The van der Waals surface area contributed by atoms with Gasteiger partial charge in [0.1, 0.15) is 17.5 Å². The van der Waals surface area contributed by atoms with Crippen molar-refractivity contribution >= 4 is 11.8 Å². The molecule has 0 aliphatic heterocycles. The first-order valence-electron chi connectivity index (χ1n) is 11.5. The summed E-state index contributed by atoms with van der Waals surface area (Å²) in [4.78, 5) is 27.5. The van der Waals surface area contributed by atoms with Crippen LogP contribution >= 0.6 is 0 Å². The summed E-state index contributed by atoms with van der Waals surface area (Å²) in [6.07, 6.45) is 0.818. The minimum Gasteiger partial charge on any atom is -0.497 e. The first-order chi connectivity index (χ1) is 15.5. The predicted molar refractivity (Wildman–Crippen MR) is 132 cm³/mol. The van der Waals surface area contributed by atoms with Crippen LogP contribution in [0.4, 0.5) is 0 Å². The van der Waals surface area contributed by atoms with Crippen LogP contribution in [0.1, 0.15) is 59.1 Å². The van der Waals surface area contributed by atoms with Crippen molar-refractivity contribution in [1.29, 1.82) is 0 Å². The molecule has 2 amide bonds. The van der Waals surface area contributed by atoms with Crippen LogP contribution < -0.4 is 14.8 Å². The van der Waals surface area contributed by atoms with Gasteiger partial charge in [0.25, 0.3) is 5.91 Å². The van der Waals surface area contributed by atoms with E-state index in [1.807, 2.05) is 62.4 Å². The van der Waals surface area contributed by atoms with E-state index in [9.17, 15) is 9.59 Å². The molecule has 0 bridgehead atoms. The van der Waals surface area contributed by atoms with E-state index in [4.69, 9.17) is 9.47 Å². The number of methoxy groups -OCH3 is 1. The number of ether oxygens (including phenoxy) is 2. The van der Waals surface area contributed by atoms with Gasteiger partial charge in [0.05, 0.1) is 7.11 Å². The van der Waals surface area contributed by atoms with Crippen molar-refractivity contribution < 1.29 is 19.1 Å². The highest BCUT2D eigenvalue weighted by Crippen LogP contribution is 2.24. The Morgan fingerprint density at radius 1 is 0.970 bits per heavy atom. The molecular weight excluding hydrogens is 416 g/mol. The summed E-state index contributed by atoms with van der Waals surface area (Å²) in [6.45, 7) is 12.3. The highest BCUT2D eigenvalue weighted by Gasteiger charge is 2.27. The summed E-state index contributed by atoms with van der Waals surface area (Å²) < 4.78 is 11.0. The number of nitrogens with zero attached hydrogens (tertiary/aromatic N) is 1. The van der Waals surface area contributed by atoms with Gasteiger partial charge in [-0.2, -0.15) is 0 Å². The molecule has 0 aliphatic rings. The molecule has 0 heterocycles. The lowest BCUT2D eigenvalue weighted by molar-refractivity contribution is -0.142. The number of rotatable bonds is 10. The van der Waals surface area contributed by atoms with Gasteiger partial charge >= 0.3 is 0 Å². The lowest BCUT2D eigenvalue weighted by atomic mass is 9.87. The number of hydrogen-bond donors (Lipinski definition) is 1. The smallest absolute Gasteiger partial charge is 0.261 e. The second kappa shape index (κ2) is 11.7. The minimum atomic E-state index is -0.638. The molecule has 6 heteroatoms. The summed E-state index contributed by atoms with van der Waals surface area (Å²) in [6, 6.07) is 14.6. The van der Waals surface area contributed by atoms with Crippen molar-refractivity contribution in [2.45, 2.75) is 72.0 Å². The molecule has 2 aromatic carbocycles. The fourth-order valence-electron chi connectivity index (χ4n) is 3.25. The fourth-order valence-corrected chi connectivity index (χ4v) is 3.25. The molecule has 0 radical (unpaired) electrons. The molecule has 1 N–H and O–H groups in total. The first kappa shape index (κ1) is 26.2. The van der Waals surface area contributed by atoms with Crippen LogP contribution in [-0.4, -0.2) is 42.5 Å². The summed E-state index contributed by atoms with van der Waals surface area (Å²) in [5.41, 5.74) is 2.14. The van der Waals surface area contributed by atoms with Crippen LogP contribution in [0.15, 0.2) is 48.5 Å². The number of hydrogen-bond acceptors (Lipinski definition) is 4. The van der Waals surface area contributed by atoms with Gasteiger partial charge in [0.15, 0.2) is 6.61 Å². The van der Waals surface area contributed by atoms with Gasteiger partial charge in [-0.05, 0) is 61.1 Å². The third-order valence-electron chi connectivity index (χ3n) is 5.76. The lowest BCUT2D eigenvalue weighted by Gasteiger charge is -2.29. The zero-order valence-electron chi connectivity index (χ0n) is 21.0. The van der Waals surface area contributed by atoms with Crippen LogP contribution in [0.25, 0.3) is 0 Å². The fraction of sp³-hybridized carbons (Fsp3) is 0.481. The van der Waals surface area contributed by atoms with Gasteiger partial charge in [-0.1, -0.05) is 52.0 Å². The number of carbonyl (C=O) groups is 2. The third kappa shape index (κ3) is 7.81. The third-order valence-corrected chi connectivity index (χ3v) is 5.76. The summed E-state index contributed by atoms with van der Waals surface area (Å²) >= 11 is 0. The topological polar surface area (TPSA) is 67.9 Å². The van der Waals surface area contributed by atoms with Crippen molar-refractivity contribution in [3.05, 3.63) is 59.7 Å². The van der Waals surface area contributed by atoms with Gasteiger partial charge in [-0.3, -0.25) is 9.59 Å². The van der Waals surface area contributed by atoms with Gasteiger partial charge in [0.2, 0.25) is 5.91 Å². The molecule has 0 spiro atoms. The molecule has 0 saturated carbocycles. The Morgan fingerprint density at radius 2 is 1.55 bits per heavy atom. The highest BCUT2D eigenvalue weighted by atomic mass is 16.5. The van der Waals surface area contributed by atoms with Gasteiger partial charge in [-0.15, -0.1) is 0 Å². The number of carbonyl (C=O) groups excluding carboxylic acids is 2. The molecule has 0 aromatic heterocycles. The molecule has 180 valence electrons. The van der Waals surface area contributed by atoms with Crippen molar-refractivity contribution in [1.82, 2.24) is 10.2 Å². The van der Waals surface area contributed by atoms with E-state index in [2.05, 4.69) is 26.1 Å².